The van der Waals surface area contributed by atoms with Crippen LogP contribution in [0.2, 0.25) is 8.94 Å². The molecular weight excluding hydrogens is 629 g/mol. The molecule has 0 aliphatic rings. The molecule has 0 saturated carbocycles. The first kappa shape index (κ1) is 24.7. The predicted molar refractivity (Wildman–Crippen MR) is 131 cm³/mol. The van der Waals surface area contributed by atoms with Gasteiger partial charge in [-0.05, 0) is 0 Å². The van der Waals surface area contributed by atoms with Gasteiger partial charge in [-0.3, -0.25) is 0 Å². The van der Waals surface area contributed by atoms with Gasteiger partial charge in [0.2, 0.25) is 0 Å². The van der Waals surface area contributed by atoms with Crippen LogP contribution in [0.3, 0.4) is 0 Å². The van der Waals surface area contributed by atoms with Gasteiger partial charge in [-0.15, -0.1) is 0 Å². The number of amides is 2. The second-order valence-electron chi connectivity index (χ2n) is 6.95. The Bertz CT molecular complexity index is 908. The van der Waals surface area contributed by atoms with Gasteiger partial charge in [0, 0.05) is 0 Å². The molecule has 2 amide bonds. The summed E-state index contributed by atoms with van der Waals surface area (Å²) in [7, 11) is 0. The van der Waals surface area contributed by atoms with E-state index in [0.29, 0.717) is 13.1 Å². The van der Waals surface area contributed by atoms with E-state index in [1.54, 1.807) is 18.2 Å². The zero-order valence-electron chi connectivity index (χ0n) is 17.8. The fourth-order valence-corrected chi connectivity index (χ4v) is 7.82. The number of carbonyl (C=O) groups is 2. The average molecular weight is 657 g/mol. The molecule has 0 unspecified atom stereocenters. The number of hydrogen-bond acceptors (Lipinski definition) is 3. The Balaban J connectivity index is 1.34. The molecule has 0 radical (unpaired) electrons. The summed E-state index contributed by atoms with van der Waals surface area (Å²) < 4.78 is 5.15. The summed E-state index contributed by atoms with van der Waals surface area (Å²) in [5.74, 6) is -0.457. The van der Waals surface area contributed by atoms with E-state index >= 15 is 0 Å². The first-order valence-electron chi connectivity index (χ1n) is 10.6. The van der Waals surface area contributed by atoms with Crippen molar-refractivity contribution in [1.82, 2.24) is 15.6 Å². The van der Waals surface area contributed by atoms with Crippen molar-refractivity contribution < 1.29 is 9.59 Å². The van der Waals surface area contributed by atoms with Crippen LogP contribution in [0, 0.1) is 0 Å². The molecule has 3 rings (SSSR count). The van der Waals surface area contributed by atoms with Crippen molar-refractivity contribution in [2.45, 2.75) is 21.8 Å². The fourth-order valence-electron chi connectivity index (χ4n) is 2.83. The number of pyridine rings is 1. The molecule has 0 aliphatic carbocycles. The van der Waals surface area contributed by atoms with Gasteiger partial charge < -0.3 is 0 Å². The maximum absolute atomic E-state index is 12.4. The SMILES string of the molecule is O=C(NCCC[Te]c1ccccc1)c1cccc(C(=O)NCCC[Te]c2ccccc2)n1. The van der Waals surface area contributed by atoms with Crippen LogP contribution in [0.4, 0.5) is 0 Å². The van der Waals surface area contributed by atoms with E-state index in [1.807, 2.05) is 12.1 Å². The fraction of sp³-hybridized carbons (Fsp3) is 0.240. The third kappa shape index (κ3) is 8.93. The summed E-state index contributed by atoms with van der Waals surface area (Å²) in [6.45, 7) is 1.25. The Kier molecular flexibility index (Phi) is 11.1. The summed E-state index contributed by atoms with van der Waals surface area (Å²) in [6, 6.07) is 26.1. The summed E-state index contributed by atoms with van der Waals surface area (Å²) >= 11 is -0.400. The van der Waals surface area contributed by atoms with Gasteiger partial charge in [0.25, 0.3) is 0 Å². The second-order valence-corrected chi connectivity index (χ2v) is 13.6. The van der Waals surface area contributed by atoms with Crippen molar-refractivity contribution in [1.29, 1.82) is 0 Å². The molecule has 1 aromatic heterocycles. The molecule has 0 atom stereocenters. The van der Waals surface area contributed by atoms with Crippen LogP contribution in [0.15, 0.2) is 78.9 Å². The van der Waals surface area contributed by atoms with Gasteiger partial charge in [-0.25, -0.2) is 0 Å². The van der Waals surface area contributed by atoms with Crippen LogP contribution in [0.5, 0.6) is 0 Å². The molecule has 7 heteroatoms. The summed E-state index contributed by atoms with van der Waals surface area (Å²) in [6.07, 6.45) is 1.91. The van der Waals surface area contributed by atoms with Gasteiger partial charge in [0.15, 0.2) is 0 Å². The Hall–Kier alpha value is -1.89. The number of benzene rings is 2. The predicted octanol–water partition coefficient (Wildman–Crippen LogP) is 2.22. The average Bonchev–Trinajstić information content (AvgIpc) is 2.84. The maximum atomic E-state index is 12.4. The van der Waals surface area contributed by atoms with Crippen molar-refractivity contribution in [2.24, 2.45) is 0 Å². The molecule has 0 spiro atoms. The minimum absolute atomic E-state index is 0.200. The zero-order chi connectivity index (χ0) is 22.4. The van der Waals surface area contributed by atoms with Crippen LogP contribution < -0.4 is 17.9 Å². The second kappa shape index (κ2) is 14.3. The first-order valence-corrected chi connectivity index (χ1v) is 16.2. The Morgan fingerprint density at radius 3 is 1.50 bits per heavy atom. The first-order chi connectivity index (χ1) is 15.7. The van der Waals surface area contributed by atoms with Crippen molar-refractivity contribution in [3.63, 3.8) is 0 Å². The quantitative estimate of drug-likeness (QED) is 0.232. The van der Waals surface area contributed by atoms with Crippen molar-refractivity contribution >= 4 is 60.9 Å². The topological polar surface area (TPSA) is 71.1 Å². The monoisotopic (exact) mass is 661 g/mol. The number of nitrogens with zero attached hydrogens (tertiary/aromatic N) is 1. The molecule has 2 N–H and O–H groups in total. The van der Waals surface area contributed by atoms with E-state index in [2.05, 4.69) is 64.1 Å². The van der Waals surface area contributed by atoms with Gasteiger partial charge >= 0.3 is 211 Å². The molecule has 2 aromatic carbocycles. The molecule has 0 saturated heterocycles. The third-order valence-corrected chi connectivity index (χ3v) is 10.7. The van der Waals surface area contributed by atoms with Gasteiger partial charge in [-0.2, -0.15) is 0 Å². The number of carbonyl (C=O) groups excluding carboxylic acids is 2. The summed E-state index contributed by atoms with van der Waals surface area (Å²) in [5.41, 5.74) is 0.571. The normalized spacial score (nSPS) is 10.5. The van der Waals surface area contributed by atoms with Gasteiger partial charge in [0.05, 0.1) is 0 Å². The number of hydrogen-bond donors (Lipinski definition) is 2. The van der Waals surface area contributed by atoms with Gasteiger partial charge in [-0.1, -0.05) is 0 Å². The standard InChI is InChI=1S/C25H27N3O2Te2/c29-24(26-16-8-18-31-20-10-3-1-4-11-20)22-14-7-15-23(28-22)25(30)27-17-9-19-32-21-12-5-2-6-13-21/h1-7,10-15H,8-9,16-19H2,(H,26,29)(H,27,30). The zero-order valence-corrected chi connectivity index (χ0v) is 22.5. The Labute approximate surface area is 210 Å². The number of aromatic nitrogens is 1. The van der Waals surface area contributed by atoms with E-state index in [9.17, 15) is 9.59 Å². The molecule has 166 valence electrons. The van der Waals surface area contributed by atoms with E-state index in [-0.39, 0.29) is 65.0 Å². The van der Waals surface area contributed by atoms with E-state index < -0.39 is 0 Å². The Morgan fingerprint density at radius 2 is 1.06 bits per heavy atom. The third-order valence-electron chi connectivity index (χ3n) is 4.45. The minimum atomic E-state index is -0.228. The van der Waals surface area contributed by atoms with E-state index in [1.165, 1.54) is 7.22 Å². The van der Waals surface area contributed by atoms with Crippen LogP contribution >= 0.6 is 0 Å². The number of nitrogens with one attached hydrogen (secondary N) is 2. The summed E-state index contributed by atoms with van der Waals surface area (Å²) in [5, 5.41) is 5.84. The van der Waals surface area contributed by atoms with Crippen molar-refractivity contribution in [3.8, 4) is 0 Å². The van der Waals surface area contributed by atoms with Crippen LogP contribution in [0.1, 0.15) is 33.8 Å². The molecule has 1 heterocycles. The van der Waals surface area contributed by atoms with Crippen molar-refractivity contribution in [2.75, 3.05) is 13.1 Å². The van der Waals surface area contributed by atoms with Gasteiger partial charge in [0.1, 0.15) is 0 Å². The summed E-state index contributed by atoms with van der Waals surface area (Å²) in [4.78, 5) is 29.1. The van der Waals surface area contributed by atoms with Crippen LogP contribution in [-0.4, -0.2) is 71.7 Å². The molecule has 0 aliphatic heterocycles. The molecule has 5 nitrogen and oxygen atoms in total. The molecule has 32 heavy (non-hydrogen) atoms. The Morgan fingerprint density at radius 1 is 0.625 bits per heavy atom. The van der Waals surface area contributed by atoms with E-state index in [4.69, 9.17) is 0 Å². The van der Waals surface area contributed by atoms with E-state index in [0.717, 1.165) is 21.8 Å². The molecule has 0 bridgehead atoms. The number of rotatable bonds is 12. The molecular formula is C25H27N3O2Te2. The molecule has 0 fully saturated rings. The van der Waals surface area contributed by atoms with Crippen molar-refractivity contribution in [3.05, 3.63) is 90.3 Å². The van der Waals surface area contributed by atoms with Crippen LogP contribution in [0.25, 0.3) is 0 Å². The van der Waals surface area contributed by atoms with Crippen LogP contribution in [-0.2, 0) is 0 Å². The molecule has 3 aromatic rings.